The van der Waals surface area contributed by atoms with Gasteiger partial charge in [0.05, 0.1) is 5.54 Å². The summed E-state index contributed by atoms with van der Waals surface area (Å²) in [4.78, 5) is 17.1. The van der Waals surface area contributed by atoms with Gasteiger partial charge in [0.1, 0.15) is 0 Å². The minimum absolute atomic E-state index is 0.281. The number of hydrogen-bond acceptors (Lipinski definition) is 3. The molecule has 4 heteroatoms. The van der Waals surface area contributed by atoms with E-state index >= 15 is 0 Å². The summed E-state index contributed by atoms with van der Waals surface area (Å²) in [7, 11) is 0. The second-order valence-electron chi connectivity index (χ2n) is 6.48. The van der Waals surface area contributed by atoms with Crippen LogP contribution in [0.1, 0.15) is 25.3 Å². The van der Waals surface area contributed by atoms with E-state index in [1.807, 2.05) is 4.90 Å². The van der Waals surface area contributed by atoms with Crippen LogP contribution >= 0.6 is 0 Å². The van der Waals surface area contributed by atoms with Crippen LogP contribution in [-0.2, 0) is 4.79 Å². The lowest BCUT2D eigenvalue weighted by molar-refractivity contribution is -0.137. The number of benzene rings is 1. The first kappa shape index (κ1) is 14.4. The number of piperazine rings is 1. The highest BCUT2D eigenvalue weighted by Gasteiger charge is 2.39. The molecule has 2 aliphatic heterocycles. The molecule has 0 bridgehead atoms. The Morgan fingerprint density at radius 1 is 1.24 bits per heavy atom. The molecule has 2 fully saturated rings. The predicted molar refractivity (Wildman–Crippen MR) is 85.6 cm³/mol. The van der Waals surface area contributed by atoms with E-state index in [1.54, 1.807) is 0 Å². The Hall–Kier alpha value is -1.55. The SMILES string of the molecule is Cc1cccc(N2CCN(C(=O)C3(C)CCCN3)CC2)c1. The summed E-state index contributed by atoms with van der Waals surface area (Å²) in [6, 6.07) is 8.60. The Labute approximate surface area is 127 Å². The van der Waals surface area contributed by atoms with Crippen LogP contribution in [0.2, 0.25) is 0 Å². The standard InChI is InChI=1S/C17H25N3O/c1-14-5-3-6-15(13-14)19-9-11-20(12-10-19)16(21)17(2)7-4-8-18-17/h3,5-6,13,18H,4,7-12H2,1-2H3. The first-order valence-corrected chi connectivity index (χ1v) is 7.94. The average molecular weight is 287 g/mol. The van der Waals surface area contributed by atoms with E-state index in [4.69, 9.17) is 0 Å². The molecule has 1 aromatic carbocycles. The third-order valence-electron chi connectivity index (χ3n) is 4.77. The molecule has 0 radical (unpaired) electrons. The van der Waals surface area contributed by atoms with Crippen molar-refractivity contribution in [3.05, 3.63) is 29.8 Å². The van der Waals surface area contributed by atoms with Gasteiger partial charge < -0.3 is 15.1 Å². The van der Waals surface area contributed by atoms with Gasteiger partial charge in [-0.3, -0.25) is 4.79 Å². The van der Waals surface area contributed by atoms with Crippen molar-refractivity contribution >= 4 is 11.6 Å². The summed E-state index contributed by atoms with van der Waals surface area (Å²) in [6.45, 7) is 8.63. The molecule has 0 spiro atoms. The molecular formula is C17H25N3O. The van der Waals surface area contributed by atoms with Crippen LogP contribution in [-0.4, -0.2) is 49.1 Å². The molecule has 0 saturated carbocycles. The molecule has 2 aliphatic rings. The Morgan fingerprint density at radius 3 is 2.62 bits per heavy atom. The van der Waals surface area contributed by atoms with Crippen LogP contribution in [0.3, 0.4) is 0 Å². The summed E-state index contributed by atoms with van der Waals surface area (Å²) in [5.41, 5.74) is 2.23. The smallest absolute Gasteiger partial charge is 0.242 e. The minimum atomic E-state index is -0.328. The summed E-state index contributed by atoms with van der Waals surface area (Å²) < 4.78 is 0. The van der Waals surface area contributed by atoms with Gasteiger partial charge in [0.2, 0.25) is 5.91 Å². The first-order valence-electron chi connectivity index (χ1n) is 7.94. The van der Waals surface area contributed by atoms with Crippen LogP contribution in [0.5, 0.6) is 0 Å². The lowest BCUT2D eigenvalue weighted by atomic mass is 9.98. The molecule has 0 aliphatic carbocycles. The van der Waals surface area contributed by atoms with Crippen molar-refractivity contribution in [3.8, 4) is 0 Å². The van der Waals surface area contributed by atoms with Gasteiger partial charge in [-0.2, -0.15) is 0 Å². The Balaban J connectivity index is 1.61. The zero-order chi connectivity index (χ0) is 14.9. The van der Waals surface area contributed by atoms with E-state index in [2.05, 4.69) is 48.3 Å². The van der Waals surface area contributed by atoms with Gasteiger partial charge in [-0.25, -0.2) is 0 Å². The van der Waals surface area contributed by atoms with E-state index < -0.39 is 0 Å². The fourth-order valence-electron chi connectivity index (χ4n) is 3.42. The van der Waals surface area contributed by atoms with E-state index in [0.29, 0.717) is 0 Å². The summed E-state index contributed by atoms with van der Waals surface area (Å²) >= 11 is 0. The number of anilines is 1. The third-order valence-corrected chi connectivity index (χ3v) is 4.77. The summed E-state index contributed by atoms with van der Waals surface area (Å²) in [5.74, 6) is 0.281. The zero-order valence-electron chi connectivity index (χ0n) is 13.1. The van der Waals surface area contributed by atoms with E-state index in [9.17, 15) is 4.79 Å². The van der Waals surface area contributed by atoms with Crippen LogP contribution < -0.4 is 10.2 Å². The fourth-order valence-corrected chi connectivity index (χ4v) is 3.42. The van der Waals surface area contributed by atoms with Gasteiger partial charge in [-0.05, 0) is 50.9 Å². The Bertz CT molecular complexity index is 515. The highest BCUT2D eigenvalue weighted by Crippen LogP contribution is 2.23. The maximum absolute atomic E-state index is 12.7. The molecule has 2 saturated heterocycles. The Morgan fingerprint density at radius 2 is 2.00 bits per heavy atom. The molecule has 1 aromatic rings. The fraction of sp³-hybridized carbons (Fsp3) is 0.588. The van der Waals surface area contributed by atoms with Crippen LogP contribution in [0.4, 0.5) is 5.69 Å². The van der Waals surface area contributed by atoms with Crippen molar-refractivity contribution in [1.29, 1.82) is 0 Å². The van der Waals surface area contributed by atoms with E-state index in [0.717, 1.165) is 45.6 Å². The number of carbonyl (C=O) groups excluding carboxylic acids is 1. The highest BCUT2D eigenvalue weighted by molar-refractivity contribution is 5.86. The molecule has 4 nitrogen and oxygen atoms in total. The van der Waals surface area contributed by atoms with Crippen molar-refractivity contribution in [2.75, 3.05) is 37.6 Å². The van der Waals surface area contributed by atoms with Crippen molar-refractivity contribution < 1.29 is 4.79 Å². The second kappa shape index (κ2) is 5.68. The molecule has 1 atom stereocenters. The molecule has 3 rings (SSSR count). The zero-order valence-corrected chi connectivity index (χ0v) is 13.1. The molecule has 21 heavy (non-hydrogen) atoms. The monoisotopic (exact) mass is 287 g/mol. The number of rotatable bonds is 2. The van der Waals surface area contributed by atoms with Gasteiger partial charge in [0.15, 0.2) is 0 Å². The molecule has 2 heterocycles. The number of amides is 1. The maximum Gasteiger partial charge on any atom is 0.242 e. The number of nitrogens with zero attached hydrogens (tertiary/aromatic N) is 2. The predicted octanol–water partition coefficient (Wildman–Crippen LogP) is 1.79. The lowest BCUT2D eigenvalue weighted by Gasteiger charge is -2.39. The number of aryl methyl sites for hydroxylation is 1. The van der Waals surface area contributed by atoms with E-state index in [-0.39, 0.29) is 11.4 Å². The van der Waals surface area contributed by atoms with Gasteiger partial charge >= 0.3 is 0 Å². The van der Waals surface area contributed by atoms with Gasteiger partial charge in [-0.15, -0.1) is 0 Å². The molecule has 114 valence electrons. The van der Waals surface area contributed by atoms with E-state index in [1.165, 1.54) is 11.3 Å². The molecule has 1 N–H and O–H groups in total. The van der Waals surface area contributed by atoms with Crippen LogP contribution in [0.25, 0.3) is 0 Å². The van der Waals surface area contributed by atoms with Gasteiger partial charge in [-0.1, -0.05) is 12.1 Å². The van der Waals surface area contributed by atoms with Crippen molar-refractivity contribution in [2.24, 2.45) is 0 Å². The number of nitrogens with one attached hydrogen (secondary N) is 1. The number of hydrogen-bond donors (Lipinski definition) is 1. The van der Waals surface area contributed by atoms with Crippen molar-refractivity contribution in [1.82, 2.24) is 10.2 Å². The lowest BCUT2D eigenvalue weighted by Crippen LogP contribution is -2.58. The average Bonchev–Trinajstić information content (AvgIpc) is 2.95. The minimum Gasteiger partial charge on any atom is -0.368 e. The maximum atomic E-state index is 12.7. The van der Waals surface area contributed by atoms with Crippen LogP contribution in [0.15, 0.2) is 24.3 Å². The largest absolute Gasteiger partial charge is 0.368 e. The highest BCUT2D eigenvalue weighted by atomic mass is 16.2. The number of carbonyl (C=O) groups is 1. The van der Waals surface area contributed by atoms with Crippen molar-refractivity contribution in [3.63, 3.8) is 0 Å². The summed E-state index contributed by atoms with van der Waals surface area (Å²) in [6.07, 6.45) is 2.06. The molecular weight excluding hydrogens is 262 g/mol. The quantitative estimate of drug-likeness (QED) is 0.901. The second-order valence-corrected chi connectivity index (χ2v) is 6.48. The van der Waals surface area contributed by atoms with Crippen LogP contribution in [0, 0.1) is 6.92 Å². The normalized spacial score (nSPS) is 26.2. The third kappa shape index (κ3) is 2.91. The van der Waals surface area contributed by atoms with Crippen molar-refractivity contribution in [2.45, 2.75) is 32.2 Å². The molecule has 0 aromatic heterocycles. The Kier molecular flexibility index (Phi) is 3.89. The van der Waals surface area contributed by atoms with Gasteiger partial charge in [0, 0.05) is 31.9 Å². The topological polar surface area (TPSA) is 35.6 Å². The van der Waals surface area contributed by atoms with Gasteiger partial charge in [0.25, 0.3) is 0 Å². The molecule has 1 unspecified atom stereocenters. The molecule has 1 amide bonds. The first-order chi connectivity index (χ1) is 10.1. The summed E-state index contributed by atoms with van der Waals surface area (Å²) in [5, 5.41) is 3.38.